The molecule has 1 aromatic heterocycles. The molecule has 0 spiro atoms. The lowest BCUT2D eigenvalue weighted by atomic mass is 10.0. The molecule has 0 bridgehead atoms. The van der Waals surface area contributed by atoms with Crippen LogP contribution in [0.1, 0.15) is 16.1 Å². The van der Waals surface area contributed by atoms with Crippen LogP contribution in [0.3, 0.4) is 0 Å². The van der Waals surface area contributed by atoms with E-state index < -0.39 is 5.91 Å². The van der Waals surface area contributed by atoms with Crippen LogP contribution >= 0.6 is 0 Å². The van der Waals surface area contributed by atoms with Crippen molar-refractivity contribution in [2.75, 3.05) is 0 Å². The van der Waals surface area contributed by atoms with E-state index in [0.29, 0.717) is 5.56 Å². The normalized spacial score (nSPS) is 11.1. The second-order valence-electron chi connectivity index (χ2n) is 4.79. The first-order valence-electron chi connectivity index (χ1n) is 6.69. The Labute approximate surface area is 126 Å². The molecule has 0 aliphatic heterocycles. The van der Waals surface area contributed by atoms with Crippen LogP contribution in [0, 0.1) is 0 Å². The van der Waals surface area contributed by atoms with E-state index in [2.05, 4.69) is 15.6 Å². The third-order valence-corrected chi connectivity index (χ3v) is 3.25. The fourth-order valence-corrected chi connectivity index (χ4v) is 2.17. The van der Waals surface area contributed by atoms with E-state index >= 15 is 0 Å². The molecular weight excluding hydrogens is 280 g/mol. The zero-order valence-corrected chi connectivity index (χ0v) is 11.9. The number of aromatic nitrogens is 2. The molecule has 110 valence electrons. The number of aromatic hydroxyl groups is 1. The molecule has 22 heavy (non-hydrogen) atoms. The Bertz CT molecular complexity index is 867. The van der Waals surface area contributed by atoms with E-state index in [0.717, 1.165) is 10.8 Å². The second kappa shape index (κ2) is 5.69. The molecule has 0 aliphatic rings. The highest BCUT2D eigenvalue weighted by atomic mass is 16.3. The maximum absolute atomic E-state index is 11.8. The highest BCUT2D eigenvalue weighted by Crippen LogP contribution is 2.25. The van der Waals surface area contributed by atoms with Gasteiger partial charge in [0.1, 0.15) is 5.75 Å². The van der Waals surface area contributed by atoms with Crippen molar-refractivity contribution in [3.05, 3.63) is 59.9 Å². The quantitative estimate of drug-likeness (QED) is 0.573. The molecule has 2 aromatic carbocycles. The summed E-state index contributed by atoms with van der Waals surface area (Å²) in [5.41, 5.74) is 3.23. The number of hydrogen-bond donors (Lipinski definition) is 2. The number of phenolic OH excluding ortho intramolecular Hbond substituents is 1. The predicted octanol–water partition coefficient (Wildman–Crippen LogP) is 2.04. The number of carbonyl (C=O) groups excluding carboxylic acids is 1. The minimum Gasteiger partial charge on any atom is -0.507 e. The summed E-state index contributed by atoms with van der Waals surface area (Å²) >= 11 is 0. The molecule has 0 radical (unpaired) electrons. The summed E-state index contributed by atoms with van der Waals surface area (Å²) in [5, 5.41) is 19.7. The Hall–Kier alpha value is -3.15. The highest BCUT2D eigenvalue weighted by molar-refractivity contribution is 6.02. The summed E-state index contributed by atoms with van der Waals surface area (Å²) in [6, 6.07) is 12.7. The summed E-state index contributed by atoms with van der Waals surface area (Å²) in [6.45, 7) is 0. The zero-order valence-electron chi connectivity index (χ0n) is 11.9. The number of nitrogens with zero attached hydrogens (tertiary/aromatic N) is 3. The largest absolute Gasteiger partial charge is 0.507 e. The monoisotopic (exact) mass is 294 g/mol. The maximum Gasteiger partial charge on any atom is 0.291 e. The fourth-order valence-electron chi connectivity index (χ4n) is 2.17. The number of phenols is 1. The van der Waals surface area contributed by atoms with Crippen LogP contribution in [-0.2, 0) is 7.05 Å². The number of hydrazone groups is 1. The molecule has 0 saturated heterocycles. The molecule has 0 unspecified atom stereocenters. The van der Waals surface area contributed by atoms with Gasteiger partial charge in [0, 0.05) is 18.8 Å². The molecule has 0 aliphatic carbocycles. The van der Waals surface area contributed by atoms with Crippen LogP contribution in [0.5, 0.6) is 5.75 Å². The first-order valence-corrected chi connectivity index (χ1v) is 6.69. The molecule has 0 saturated carbocycles. The van der Waals surface area contributed by atoms with Crippen LogP contribution in [0.15, 0.2) is 53.8 Å². The van der Waals surface area contributed by atoms with Gasteiger partial charge in [0.2, 0.25) is 0 Å². The van der Waals surface area contributed by atoms with Gasteiger partial charge in [-0.05, 0) is 22.9 Å². The van der Waals surface area contributed by atoms with Gasteiger partial charge in [-0.15, -0.1) is 0 Å². The van der Waals surface area contributed by atoms with Gasteiger partial charge in [-0.1, -0.05) is 30.3 Å². The number of hydrogen-bond acceptors (Lipinski definition) is 4. The Balaban J connectivity index is 1.84. The Morgan fingerprint density at radius 3 is 2.86 bits per heavy atom. The van der Waals surface area contributed by atoms with E-state index in [-0.39, 0.29) is 11.4 Å². The average molecular weight is 294 g/mol. The Morgan fingerprint density at radius 1 is 1.27 bits per heavy atom. The van der Waals surface area contributed by atoms with Crippen molar-refractivity contribution in [3.63, 3.8) is 0 Å². The minimum atomic E-state index is -0.406. The topological polar surface area (TPSA) is 79.5 Å². The van der Waals surface area contributed by atoms with Crippen molar-refractivity contribution in [2.24, 2.45) is 12.1 Å². The summed E-state index contributed by atoms with van der Waals surface area (Å²) in [6.07, 6.45) is 3.10. The van der Waals surface area contributed by atoms with Crippen LogP contribution < -0.4 is 5.43 Å². The van der Waals surface area contributed by atoms with E-state index in [4.69, 9.17) is 0 Å². The number of amides is 1. The van der Waals surface area contributed by atoms with E-state index in [1.165, 1.54) is 10.9 Å². The Morgan fingerprint density at radius 2 is 2.09 bits per heavy atom. The van der Waals surface area contributed by atoms with E-state index in [9.17, 15) is 9.90 Å². The molecular formula is C16H14N4O2. The predicted molar refractivity (Wildman–Crippen MR) is 83.9 cm³/mol. The first-order chi connectivity index (χ1) is 10.6. The van der Waals surface area contributed by atoms with Crippen LogP contribution in [-0.4, -0.2) is 27.0 Å². The van der Waals surface area contributed by atoms with E-state index in [1.807, 2.05) is 30.3 Å². The van der Waals surface area contributed by atoms with Gasteiger partial charge in [0.25, 0.3) is 5.91 Å². The maximum atomic E-state index is 11.8. The number of rotatable bonds is 3. The number of aryl methyl sites for hydroxylation is 1. The van der Waals surface area contributed by atoms with Crippen molar-refractivity contribution in [2.45, 2.75) is 0 Å². The van der Waals surface area contributed by atoms with Gasteiger partial charge in [-0.3, -0.25) is 9.48 Å². The molecule has 3 aromatic rings. The van der Waals surface area contributed by atoms with Crippen LogP contribution in [0.2, 0.25) is 0 Å². The lowest BCUT2D eigenvalue weighted by molar-refractivity contribution is 0.0949. The molecule has 3 rings (SSSR count). The number of nitrogens with one attached hydrogen (secondary N) is 1. The van der Waals surface area contributed by atoms with Crippen molar-refractivity contribution < 1.29 is 9.90 Å². The van der Waals surface area contributed by atoms with Crippen molar-refractivity contribution >= 4 is 22.9 Å². The van der Waals surface area contributed by atoms with Crippen molar-refractivity contribution in [1.29, 1.82) is 0 Å². The third kappa shape index (κ3) is 2.67. The average Bonchev–Trinajstić information content (AvgIpc) is 2.96. The van der Waals surface area contributed by atoms with Gasteiger partial charge < -0.3 is 5.11 Å². The number of carbonyl (C=O) groups is 1. The fraction of sp³-hybridized carbons (Fsp3) is 0.0625. The summed E-state index contributed by atoms with van der Waals surface area (Å²) in [7, 11) is 1.73. The van der Waals surface area contributed by atoms with Gasteiger partial charge in [-0.2, -0.15) is 10.2 Å². The van der Waals surface area contributed by atoms with Gasteiger partial charge in [0.15, 0.2) is 5.69 Å². The van der Waals surface area contributed by atoms with Gasteiger partial charge >= 0.3 is 0 Å². The smallest absolute Gasteiger partial charge is 0.291 e. The lowest BCUT2D eigenvalue weighted by Crippen LogP contribution is -2.18. The molecule has 2 N–H and O–H groups in total. The van der Waals surface area contributed by atoms with Gasteiger partial charge in [-0.25, -0.2) is 5.43 Å². The summed E-state index contributed by atoms with van der Waals surface area (Å²) < 4.78 is 1.54. The molecule has 0 fully saturated rings. The standard InChI is InChI=1S/C16H14N4O2/c1-20-9-8-14(19-20)16(22)18-17-10-13-12-5-3-2-4-11(12)6-7-15(13)21/h2-10,21H,1H3,(H,18,22). The second-order valence-corrected chi connectivity index (χ2v) is 4.79. The van der Waals surface area contributed by atoms with Crippen molar-refractivity contribution in [1.82, 2.24) is 15.2 Å². The van der Waals surface area contributed by atoms with E-state index in [1.54, 1.807) is 25.4 Å². The SMILES string of the molecule is Cn1ccc(C(=O)NN=Cc2c(O)ccc3ccccc23)n1. The lowest BCUT2D eigenvalue weighted by Gasteiger charge is -2.04. The minimum absolute atomic E-state index is 0.106. The third-order valence-electron chi connectivity index (χ3n) is 3.25. The number of benzene rings is 2. The summed E-state index contributed by atoms with van der Waals surface area (Å²) in [4.78, 5) is 11.8. The first kappa shape index (κ1) is 13.8. The molecule has 1 amide bonds. The number of fused-ring (bicyclic) bond motifs is 1. The van der Waals surface area contributed by atoms with Crippen molar-refractivity contribution in [3.8, 4) is 5.75 Å². The zero-order chi connectivity index (χ0) is 15.5. The highest BCUT2D eigenvalue weighted by Gasteiger charge is 2.08. The van der Waals surface area contributed by atoms with Crippen LogP contribution in [0.25, 0.3) is 10.8 Å². The molecule has 1 heterocycles. The van der Waals surface area contributed by atoms with Crippen LogP contribution in [0.4, 0.5) is 0 Å². The molecule has 0 atom stereocenters. The Kier molecular flexibility index (Phi) is 3.57. The molecule has 6 nitrogen and oxygen atoms in total. The van der Waals surface area contributed by atoms with Gasteiger partial charge in [0.05, 0.1) is 6.21 Å². The summed E-state index contributed by atoms with van der Waals surface area (Å²) in [5.74, 6) is -0.300. The molecule has 6 heteroatoms.